The average molecular weight is 275 g/mol. The molecular weight excluding hydrogens is 258 g/mol. The van der Waals surface area contributed by atoms with E-state index in [2.05, 4.69) is 24.6 Å². The number of pyridine rings is 1. The zero-order valence-electron chi connectivity index (χ0n) is 11.1. The second-order valence-electron chi connectivity index (χ2n) is 5.06. The van der Waals surface area contributed by atoms with Crippen LogP contribution in [0.1, 0.15) is 30.3 Å². The summed E-state index contributed by atoms with van der Waals surface area (Å²) in [6, 6.07) is 6.59. The van der Waals surface area contributed by atoms with Crippen molar-refractivity contribution in [2.75, 3.05) is 11.9 Å². The van der Waals surface area contributed by atoms with E-state index >= 15 is 0 Å². The van der Waals surface area contributed by atoms with Gasteiger partial charge in [0.1, 0.15) is 0 Å². The van der Waals surface area contributed by atoms with Crippen LogP contribution in [0.2, 0.25) is 0 Å². The van der Waals surface area contributed by atoms with Crippen molar-refractivity contribution < 1.29 is 0 Å². The van der Waals surface area contributed by atoms with E-state index in [9.17, 15) is 0 Å². The number of aryl methyl sites for hydroxylation is 1. The molecule has 1 aliphatic rings. The maximum absolute atomic E-state index is 5.30. The molecule has 0 saturated heterocycles. The van der Waals surface area contributed by atoms with Crippen LogP contribution in [0.5, 0.6) is 0 Å². The Hall–Kier alpha value is -1.69. The van der Waals surface area contributed by atoms with Crippen LogP contribution in [-0.4, -0.2) is 26.8 Å². The van der Waals surface area contributed by atoms with Crippen molar-refractivity contribution >= 4 is 18.2 Å². The number of nitrogens with zero attached hydrogens (tertiary/aromatic N) is 4. The maximum Gasteiger partial charge on any atom is 0.226 e. The lowest BCUT2D eigenvalue weighted by atomic mass is 10.3. The molecule has 0 aromatic carbocycles. The average Bonchev–Trinajstić information content (AvgIpc) is 3.12. The number of anilines is 1. The minimum absolute atomic E-state index is 0.522. The van der Waals surface area contributed by atoms with E-state index in [4.69, 9.17) is 12.2 Å². The van der Waals surface area contributed by atoms with Crippen molar-refractivity contribution in [2.24, 2.45) is 0 Å². The second-order valence-corrected chi connectivity index (χ2v) is 5.44. The summed E-state index contributed by atoms with van der Waals surface area (Å²) in [5, 5.41) is 7.23. The highest BCUT2D eigenvalue weighted by molar-refractivity contribution is 7.71. The number of H-pyrrole nitrogens is 1. The molecule has 0 radical (unpaired) electrons. The third-order valence-electron chi connectivity index (χ3n) is 3.28. The molecule has 5 nitrogen and oxygen atoms in total. The van der Waals surface area contributed by atoms with Crippen molar-refractivity contribution in [2.45, 2.75) is 32.4 Å². The first-order valence-electron chi connectivity index (χ1n) is 6.46. The smallest absolute Gasteiger partial charge is 0.226 e. The number of rotatable bonds is 4. The first-order valence-corrected chi connectivity index (χ1v) is 6.86. The molecule has 0 unspecified atom stereocenters. The molecule has 2 aromatic rings. The van der Waals surface area contributed by atoms with Crippen LogP contribution >= 0.6 is 12.2 Å². The normalized spacial score (nSPS) is 14.6. The van der Waals surface area contributed by atoms with Gasteiger partial charge in [0, 0.05) is 18.8 Å². The lowest BCUT2D eigenvalue weighted by molar-refractivity contribution is 0.697. The van der Waals surface area contributed by atoms with Gasteiger partial charge in [-0.3, -0.25) is 9.55 Å². The van der Waals surface area contributed by atoms with Crippen molar-refractivity contribution in [3.63, 3.8) is 0 Å². The van der Waals surface area contributed by atoms with Crippen molar-refractivity contribution in [3.05, 3.63) is 34.4 Å². The van der Waals surface area contributed by atoms with Crippen LogP contribution in [-0.2, 0) is 6.54 Å². The number of hydrogen-bond acceptors (Lipinski definition) is 4. The maximum atomic E-state index is 5.30. The van der Waals surface area contributed by atoms with Gasteiger partial charge < -0.3 is 4.90 Å². The minimum Gasteiger partial charge on any atom is -0.338 e. The third kappa shape index (κ3) is 2.53. The Bertz CT molecular complexity index is 640. The molecule has 3 rings (SSSR count). The van der Waals surface area contributed by atoms with Gasteiger partial charge in [0.15, 0.2) is 4.77 Å². The van der Waals surface area contributed by atoms with Crippen molar-refractivity contribution in [3.8, 4) is 0 Å². The quantitative estimate of drug-likeness (QED) is 0.871. The highest BCUT2D eigenvalue weighted by Gasteiger charge is 2.28. The molecule has 19 heavy (non-hydrogen) atoms. The van der Waals surface area contributed by atoms with E-state index in [0.29, 0.717) is 10.8 Å². The van der Waals surface area contributed by atoms with Crippen LogP contribution in [0.15, 0.2) is 18.2 Å². The number of hydrogen-bond donors (Lipinski definition) is 1. The van der Waals surface area contributed by atoms with Gasteiger partial charge >= 0.3 is 0 Å². The van der Waals surface area contributed by atoms with Crippen LogP contribution in [0, 0.1) is 11.7 Å². The van der Waals surface area contributed by atoms with Gasteiger partial charge in [-0.05, 0) is 44.1 Å². The van der Waals surface area contributed by atoms with Gasteiger partial charge in [-0.2, -0.15) is 0 Å². The fourth-order valence-electron chi connectivity index (χ4n) is 2.23. The molecule has 0 aliphatic heterocycles. The molecule has 2 aromatic heterocycles. The Balaban J connectivity index is 1.84. The summed E-state index contributed by atoms with van der Waals surface area (Å²) in [5.74, 6) is 0.899. The predicted molar refractivity (Wildman–Crippen MR) is 76.8 cm³/mol. The largest absolute Gasteiger partial charge is 0.338 e. The zero-order valence-corrected chi connectivity index (χ0v) is 11.9. The molecule has 1 aliphatic carbocycles. The Morgan fingerprint density at radius 2 is 2.26 bits per heavy atom. The van der Waals surface area contributed by atoms with Gasteiger partial charge in [0.2, 0.25) is 5.95 Å². The molecule has 6 heteroatoms. The topological polar surface area (TPSA) is 49.7 Å². The summed E-state index contributed by atoms with van der Waals surface area (Å²) < 4.78 is 2.83. The van der Waals surface area contributed by atoms with E-state index < -0.39 is 0 Å². The van der Waals surface area contributed by atoms with E-state index in [0.717, 1.165) is 23.9 Å². The van der Waals surface area contributed by atoms with Crippen LogP contribution in [0.25, 0.3) is 0 Å². The number of aromatic nitrogens is 4. The lowest BCUT2D eigenvalue weighted by Gasteiger charge is -2.18. The van der Waals surface area contributed by atoms with Gasteiger partial charge in [-0.1, -0.05) is 6.07 Å². The zero-order chi connectivity index (χ0) is 13.4. The van der Waals surface area contributed by atoms with Gasteiger partial charge in [-0.25, -0.2) is 5.10 Å². The van der Waals surface area contributed by atoms with E-state index in [1.165, 1.54) is 12.8 Å². The summed E-state index contributed by atoms with van der Waals surface area (Å²) in [6.07, 6.45) is 2.38. The molecule has 0 atom stereocenters. The summed E-state index contributed by atoms with van der Waals surface area (Å²) in [6.45, 7) is 2.73. The highest BCUT2D eigenvalue weighted by Crippen LogP contribution is 2.37. The van der Waals surface area contributed by atoms with Gasteiger partial charge in [0.05, 0.1) is 12.2 Å². The molecule has 1 saturated carbocycles. The van der Waals surface area contributed by atoms with E-state index in [1.54, 1.807) is 0 Å². The van der Waals surface area contributed by atoms with Crippen LogP contribution in [0.4, 0.5) is 5.95 Å². The standard InChI is InChI=1S/C13H17N5S/c1-9-4-3-5-10(14-9)8-17(2)12-15-16-13(19)18(12)11-6-7-11/h3-5,11H,6-8H2,1-2H3,(H,16,19). The Kier molecular flexibility index (Phi) is 3.10. The summed E-state index contributed by atoms with van der Waals surface area (Å²) >= 11 is 5.30. The molecule has 100 valence electrons. The molecular formula is C13H17N5S. The van der Waals surface area contributed by atoms with Crippen molar-refractivity contribution in [1.29, 1.82) is 0 Å². The molecule has 0 spiro atoms. The molecule has 1 fully saturated rings. The third-order valence-corrected chi connectivity index (χ3v) is 3.57. The fourth-order valence-corrected chi connectivity index (χ4v) is 2.51. The number of nitrogens with one attached hydrogen (secondary N) is 1. The first kappa shape index (κ1) is 12.3. The molecule has 0 amide bonds. The molecule has 2 heterocycles. The van der Waals surface area contributed by atoms with Crippen LogP contribution in [0.3, 0.4) is 0 Å². The first-order chi connectivity index (χ1) is 9.15. The molecule has 0 bridgehead atoms. The highest BCUT2D eigenvalue weighted by atomic mass is 32.1. The summed E-state index contributed by atoms with van der Waals surface area (Å²) in [7, 11) is 2.02. The minimum atomic E-state index is 0.522. The molecule has 1 N–H and O–H groups in total. The van der Waals surface area contributed by atoms with Gasteiger partial charge in [0.25, 0.3) is 0 Å². The van der Waals surface area contributed by atoms with E-state index in [1.807, 2.05) is 32.2 Å². The SMILES string of the molecule is Cc1cccc(CN(C)c2n[nH]c(=S)n2C2CC2)n1. The predicted octanol–water partition coefficient (Wildman–Crippen LogP) is 2.62. The number of aromatic amines is 1. The van der Waals surface area contributed by atoms with Crippen LogP contribution < -0.4 is 4.90 Å². The summed E-state index contributed by atoms with van der Waals surface area (Å²) in [4.78, 5) is 6.61. The Labute approximate surface area is 117 Å². The van der Waals surface area contributed by atoms with E-state index in [-0.39, 0.29) is 0 Å². The van der Waals surface area contributed by atoms with Gasteiger partial charge in [-0.15, -0.1) is 5.10 Å². The summed E-state index contributed by atoms with van der Waals surface area (Å²) in [5.41, 5.74) is 2.07. The lowest BCUT2D eigenvalue weighted by Crippen LogP contribution is -2.21. The fraction of sp³-hybridized carbons (Fsp3) is 0.462. The Morgan fingerprint density at radius 3 is 2.95 bits per heavy atom. The Morgan fingerprint density at radius 1 is 1.47 bits per heavy atom. The monoisotopic (exact) mass is 275 g/mol. The second kappa shape index (κ2) is 4.77. The van der Waals surface area contributed by atoms with Crippen molar-refractivity contribution in [1.82, 2.24) is 19.7 Å².